The van der Waals surface area contributed by atoms with E-state index in [-0.39, 0.29) is 0 Å². The molecule has 0 fully saturated rings. The van der Waals surface area contributed by atoms with Crippen LogP contribution < -0.4 is 5.76 Å². The van der Waals surface area contributed by atoms with Crippen LogP contribution in [0.1, 0.15) is 10.5 Å². The van der Waals surface area contributed by atoms with Gasteiger partial charge in [0.05, 0.1) is 5.52 Å². The largest absolute Gasteiger partial charge is 0.417 e. The van der Waals surface area contributed by atoms with Crippen LogP contribution in [0.15, 0.2) is 32.8 Å². The number of aldehydes is 1. The first-order chi connectivity index (χ1) is 8.26. The Balaban J connectivity index is 2.16. The minimum absolute atomic E-state index is 0.408. The highest BCUT2D eigenvalue weighted by molar-refractivity contribution is 7.13. The number of carbonyl (C=O) groups excluding carboxylic acids is 1. The first-order valence-electron chi connectivity index (χ1n) is 4.80. The van der Waals surface area contributed by atoms with Crippen molar-refractivity contribution in [1.29, 1.82) is 0 Å². The molecule has 17 heavy (non-hydrogen) atoms. The van der Waals surface area contributed by atoms with Crippen molar-refractivity contribution in [3.8, 4) is 10.6 Å². The predicted molar refractivity (Wildman–Crippen MR) is 63.3 cm³/mol. The quantitative estimate of drug-likeness (QED) is 0.702. The lowest BCUT2D eigenvalue weighted by Crippen LogP contribution is -1.92. The summed E-state index contributed by atoms with van der Waals surface area (Å²) in [7, 11) is 0. The van der Waals surface area contributed by atoms with Crippen molar-refractivity contribution in [2.24, 2.45) is 0 Å². The number of hydrogen-bond acceptors (Lipinski definition) is 5. The molecule has 84 valence electrons. The van der Waals surface area contributed by atoms with Crippen molar-refractivity contribution < 1.29 is 9.21 Å². The van der Waals surface area contributed by atoms with Gasteiger partial charge in [0, 0.05) is 10.9 Å². The summed E-state index contributed by atoms with van der Waals surface area (Å²) in [5.41, 5.74) is 2.37. The van der Waals surface area contributed by atoms with E-state index in [1.54, 1.807) is 23.6 Å². The van der Waals surface area contributed by atoms with Crippen LogP contribution in [0.25, 0.3) is 21.7 Å². The van der Waals surface area contributed by atoms with Gasteiger partial charge in [-0.1, -0.05) is 0 Å². The lowest BCUT2D eigenvalue weighted by atomic mass is 10.2. The average Bonchev–Trinajstić information content (AvgIpc) is 2.92. The number of aromatic nitrogens is 2. The van der Waals surface area contributed by atoms with E-state index >= 15 is 0 Å². The Morgan fingerprint density at radius 2 is 2.29 bits per heavy atom. The Hall–Kier alpha value is -2.21. The SMILES string of the molecule is O=Cc1csc(-c2ccc3oc(=O)[nH]c3c2)n1. The number of nitrogens with one attached hydrogen (secondary N) is 1. The summed E-state index contributed by atoms with van der Waals surface area (Å²) in [5.74, 6) is -0.482. The first-order valence-corrected chi connectivity index (χ1v) is 5.68. The monoisotopic (exact) mass is 246 g/mol. The lowest BCUT2D eigenvalue weighted by molar-refractivity contribution is 0.111. The van der Waals surface area contributed by atoms with Gasteiger partial charge in [-0.2, -0.15) is 0 Å². The average molecular weight is 246 g/mol. The molecule has 5 nitrogen and oxygen atoms in total. The van der Waals surface area contributed by atoms with E-state index < -0.39 is 5.76 Å². The molecule has 3 aromatic rings. The molecule has 2 heterocycles. The smallest absolute Gasteiger partial charge is 0.408 e. The fraction of sp³-hybridized carbons (Fsp3) is 0. The third-order valence-corrected chi connectivity index (χ3v) is 3.22. The zero-order valence-electron chi connectivity index (χ0n) is 8.47. The summed E-state index contributed by atoms with van der Waals surface area (Å²) < 4.78 is 4.90. The number of carbonyl (C=O) groups is 1. The van der Waals surface area contributed by atoms with Gasteiger partial charge in [-0.3, -0.25) is 9.78 Å². The minimum Gasteiger partial charge on any atom is -0.408 e. The molecular weight excluding hydrogens is 240 g/mol. The number of thiazole rings is 1. The second-order valence-corrected chi connectivity index (χ2v) is 4.28. The van der Waals surface area contributed by atoms with Crippen LogP contribution in [0.5, 0.6) is 0 Å². The highest BCUT2D eigenvalue weighted by atomic mass is 32.1. The number of oxazole rings is 1. The number of aromatic amines is 1. The topological polar surface area (TPSA) is 76.0 Å². The van der Waals surface area contributed by atoms with Crippen molar-refractivity contribution in [2.45, 2.75) is 0 Å². The second-order valence-electron chi connectivity index (χ2n) is 3.42. The molecule has 0 aliphatic heterocycles. The number of rotatable bonds is 2. The fourth-order valence-electron chi connectivity index (χ4n) is 1.56. The summed E-state index contributed by atoms with van der Waals surface area (Å²) >= 11 is 1.38. The summed E-state index contributed by atoms with van der Waals surface area (Å²) in [6.07, 6.45) is 0.707. The standard InChI is InChI=1S/C11H6N2O3S/c14-4-7-5-17-10(12-7)6-1-2-9-8(3-6)13-11(15)16-9/h1-5H,(H,13,15). The molecule has 0 saturated heterocycles. The van der Waals surface area contributed by atoms with E-state index in [9.17, 15) is 9.59 Å². The molecule has 1 aromatic carbocycles. The van der Waals surface area contributed by atoms with Crippen LogP contribution in [0.3, 0.4) is 0 Å². The van der Waals surface area contributed by atoms with Gasteiger partial charge in [0.1, 0.15) is 10.7 Å². The van der Waals surface area contributed by atoms with Crippen LogP contribution >= 0.6 is 11.3 Å². The zero-order chi connectivity index (χ0) is 11.8. The highest BCUT2D eigenvalue weighted by Gasteiger charge is 2.07. The summed E-state index contributed by atoms with van der Waals surface area (Å²) in [4.78, 5) is 28.3. The summed E-state index contributed by atoms with van der Waals surface area (Å²) in [6.45, 7) is 0. The molecule has 6 heteroatoms. The van der Waals surface area contributed by atoms with Crippen molar-refractivity contribution in [1.82, 2.24) is 9.97 Å². The van der Waals surface area contributed by atoms with Crippen molar-refractivity contribution in [3.63, 3.8) is 0 Å². The summed E-state index contributed by atoms with van der Waals surface area (Å²) in [6, 6.07) is 5.27. The van der Waals surface area contributed by atoms with Gasteiger partial charge in [-0.15, -0.1) is 11.3 Å². The van der Waals surface area contributed by atoms with Gasteiger partial charge in [0.15, 0.2) is 11.9 Å². The van der Waals surface area contributed by atoms with Gasteiger partial charge in [0.25, 0.3) is 0 Å². The van der Waals surface area contributed by atoms with E-state index in [4.69, 9.17) is 4.42 Å². The van der Waals surface area contributed by atoms with Gasteiger partial charge in [0.2, 0.25) is 0 Å². The van der Waals surface area contributed by atoms with Crippen LogP contribution in [-0.4, -0.2) is 16.3 Å². The molecule has 0 aliphatic rings. The second kappa shape index (κ2) is 3.67. The van der Waals surface area contributed by atoms with E-state index in [1.165, 1.54) is 11.3 Å². The third kappa shape index (κ3) is 1.68. The Bertz CT molecular complexity index is 753. The van der Waals surface area contributed by atoms with Gasteiger partial charge < -0.3 is 4.42 Å². The van der Waals surface area contributed by atoms with Crippen LogP contribution in [0, 0.1) is 0 Å². The third-order valence-electron chi connectivity index (χ3n) is 2.31. The molecule has 0 unspecified atom stereocenters. The maximum Gasteiger partial charge on any atom is 0.417 e. The predicted octanol–water partition coefficient (Wildman–Crippen LogP) is 2.06. The Labute approximate surface area is 98.7 Å². The minimum atomic E-state index is -0.482. The number of H-pyrrole nitrogens is 1. The molecule has 0 saturated carbocycles. The zero-order valence-corrected chi connectivity index (χ0v) is 9.28. The van der Waals surface area contributed by atoms with E-state index in [0.29, 0.717) is 23.1 Å². The molecule has 0 bridgehead atoms. The maximum atomic E-state index is 11.0. The van der Waals surface area contributed by atoms with Crippen molar-refractivity contribution >= 4 is 28.7 Å². The van der Waals surface area contributed by atoms with E-state index in [1.807, 2.05) is 0 Å². The number of hydrogen-bond donors (Lipinski definition) is 1. The molecule has 0 radical (unpaired) electrons. The molecule has 0 atom stereocenters. The van der Waals surface area contributed by atoms with E-state index in [0.717, 1.165) is 10.6 Å². The maximum absolute atomic E-state index is 11.0. The summed E-state index contributed by atoms with van der Waals surface area (Å²) in [5, 5.41) is 2.42. The molecule has 1 N–H and O–H groups in total. The van der Waals surface area contributed by atoms with Crippen molar-refractivity contribution in [2.75, 3.05) is 0 Å². The Morgan fingerprint density at radius 1 is 1.41 bits per heavy atom. The molecule has 0 aliphatic carbocycles. The first kappa shape index (κ1) is 9.98. The van der Waals surface area contributed by atoms with Crippen molar-refractivity contribution in [3.05, 3.63) is 39.8 Å². The van der Waals surface area contributed by atoms with Gasteiger partial charge in [-0.25, -0.2) is 9.78 Å². The van der Waals surface area contributed by atoms with Crippen LogP contribution in [0.4, 0.5) is 0 Å². The van der Waals surface area contributed by atoms with E-state index in [2.05, 4.69) is 9.97 Å². The normalized spacial score (nSPS) is 10.8. The highest BCUT2D eigenvalue weighted by Crippen LogP contribution is 2.25. The van der Waals surface area contributed by atoms with Crippen LogP contribution in [0.2, 0.25) is 0 Å². The number of fused-ring (bicyclic) bond motifs is 1. The Morgan fingerprint density at radius 3 is 3.06 bits per heavy atom. The number of benzene rings is 1. The van der Waals surface area contributed by atoms with Crippen LogP contribution in [-0.2, 0) is 0 Å². The molecule has 0 spiro atoms. The Kier molecular flexibility index (Phi) is 2.15. The molecule has 2 aromatic heterocycles. The van der Waals surface area contributed by atoms with Gasteiger partial charge in [-0.05, 0) is 18.2 Å². The lowest BCUT2D eigenvalue weighted by Gasteiger charge is -1.94. The molecule has 3 rings (SSSR count). The molecule has 0 amide bonds. The fourth-order valence-corrected chi connectivity index (χ4v) is 2.32. The number of nitrogens with zero attached hydrogens (tertiary/aromatic N) is 1. The molecular formula is C11H6N2O3S. The van der Waals surface area contributed by atoms with Gasteiger partial charge >= 0.3 is 5.76 Å².